The van der Waals surface area contributed by atoms with Crippen LogP contribution in [-0.4, -0.2) is 43.1 Å². The monoisotopic (exact) mass is 402 g/mol. The highest BCUT2D eigenvalue weighted by Crippen LogP contribution is 2.48. The van der Waals surface area contributed by atoms with E-state index in [9.17, 15) is 4.79 Å². The van der Waals surface area contributed by atoms with Crippen LogP contribution >= 0.6 is 0 Å². The molecule has 1 aliphatic carbocycles. The molecule has 0 aromatic heterocycles. The number of ether oxygens (including phenoxy) is 3. The highest BCUT2D eigenvalue weighted by molar-refractivity contribution is 5.90. The molecular weight excluding hydrogens is 368 g/mol. The Bertz CT molecular complexity index is 636. The Morgan fingerprint density at radius 1 is 1.10 bits per heavy atom. The van der Waals surface area contributed by atoms with Gasteiger partial charge in [0.15, 0.2) is 18.2 Å². The minimum Gasteiger partial charge on any atom is -0.485 e. The van der Waals surface area contributed by atoms with E-state index in [2.05, 4.69) is 0 Å². The van der Waals surface area contributed by atoms with Crippen molar-refractivity contribution in [2.75, 3.05) is 26.4 Å². The van der Waals surface area contributed by atoms with Gasteiger partial charge in [-0.1, -0.05) is 50.0 Å². The molecule has 3 rings (SSSR count). The Morgan fingerprint density at radius 3 is 2.59 bits per heavy atom. The standard InChI is InChI=1S/C24H34O5/c25-16-8-3-1-2-7-11-23-20(14-15-24(23)28-17-18-29-24)12-13-21(26)19-27-22-9-5-4-6-10-22/h4-6,9-10,12-13,20,23,25H,1-3,7-8,11,14-19H2/t20-,23+/m0/s1. The van der Waals surface area contributed by atoms with Gasteiger partial charge in [0, 0.05) is 18.9 Å². The van der Waals surface area contributed by atoms with E-state index in [0.717, 1.165) is 51.4 Å². The number of aliphatic hydroxyl groups is 1. The van der Waals surface area contributed by atoms with Gasteiger partial charge in [-0.2, -0.15) is 0 Å². The molecule has 5 nitrogen and oxygen atoms in total. The zero-order valence-corrected chi connectivity index (χ0v) is 17.3. The molecule has 2 atom stereocenters. The number of para-hydroxylation sites is 1. The van der Waals surface area contributed by atoms with E-state index in [-0.39, 0.29) is 19.0 Å². The number of carbonyl (C=O) groups is 1. The molecule has 1 aliphatic heterocycles. The molecule has 160 valence electrons. The van der Waals surface area contributed by atoms with Crippen LogP contribution in [0.1, 0.15) is 51.4 Å². The van der Waals surface area contributed by atoms with Crippen molar-refractivity contribution in [2.45, 2.75) is 57.2 Å². The van der Waals surface area contributed by atoms with Crippen LogP contribution in [0.4, 0.5) is 0 Å². The average molecular weight is 403 g/mol. The summed E-state index contributed by atoms with van der Waals surface area (Å²) in [6.45, 7) is 1.66. The van der Waals surface area contributed by atoms with E-state index in [4.69, 9.17) is 19.3 Å². The summed E-state index contributed by atoms with van der Waals surface area (Å²) >= 11 is 0. The molecule has 29 heavy (non-hydrogen) atoms. The third-order valence-corrected chi connectivity index (χ3v) is 6.01. The highest BCUT2D eigenvalue weighted by atomic mass is 16.7. The minimum absolute atomic E-state index is 0.0224. The molecule has 1 aromatic rings. The third kappa shape index (κ3) is 6.39. The van der Waals surface area contributed by atoms with E-state index in [0.29, 0.717) is 30.8 Å². The Balaban J connectivity index is 1.50. The second-order valence-corrected chi connectivity index (χ2v) is 8.02. The predicted molar refractivity (Wildman–Crippen MR) is 112 cm³/mol. The van der Waals surface area contributed by atoms with Crippen molar-refractivity contribution in [2.24, 2.45) is 11.8 Å². The van der Waals surface area contributed by atoms with Crippen LogP contribution in [0.2, 0.25) is 0 Å². The van der Waals surface area contributed by atoms with Crippen LogP contribution in [-0.2, 0) is 14.3 Å². The number of ketones is 1. The number of rotatable bonds is 12. The number of allylic oxidation sites excluding steroid dienone is 1. The summed E-state index contributed by atoms with van der Waals surface area (Å²) < 4.78 is 17.7. The van der Waals surface area contributed by atoms with Gasteiger partial charge in [-0.25, -0.2) is 0 Å². The molecule has 1 saturated carbocycles. The van der Waals surface area contributed by atoms with Crippen LogP contribution in [0, 0.1) is 11.8 Å². The van der Waals surface area contributed by atoms with Gasteiger partial charge < -0.3 is 19.3 Å². The SMILES string of the molecule is O=C(C=C[C@H]1CCC2(OCCO2)[C@@H]1CCCCCCCO)COc1ccccc1. The van der Waals surface area contributed by atoms with Crippen molar-refractivity contribution < 1.29 is 24.1 Å². The first kappa shape index (κ1) is 22.0. The fourth-order valence-electron chi connectivity index (χ4n) is 4.53. The molecule has 1 aromatic carbocycles. The van der Waals surface area contributed by atoms with E-state index in [1.54, 1.807) is 6.08 Å². The highest BCUT2D eigenvalue weighted by Gasteiger charge is 2.51. The van der Waals surface area contributed by atoms with E-state index in [1.807, 2.05) is 36.4 Å². The molecule has 5 heteroatoms. The lowest BCUT2D eigenvalue weighted by molar-refractivity contribution is -0.186. The maximum absolute atomic E-state index is 12.3. The zero-order valence-electron chi connectivity index (χ0n) is 17.3. The maximum atomic E-state index is 12.3. The molecular formula is C24H34O5. The molecule has 2 fully saturated rings. The van der Waals surface area contributed by atoms with E-state index < -0.39 is 5.79 Å². The van der Waals surface area contributed by atoms with E-state index >= 15 is 0 Å². The number of aliphatic hydroxyl groups excluding tert-OH is 1. The predicted octanol–water partition coefficient (Wildman–Crippen LogP) is 4.29. The van der Waals surface area contributed by atoms with Crippen LogP contribution in [0.5, 0.6) is 5.75 Å². The largest absolute Gasteiger partial charge is 0.485 e. The smallest absolute Gasteiger partial charge is 0.192 e. The van der Waals surface area contributed by atoms with Crippen molar-refractivity contribution in [3.8, 4) is 5.75 Å². The maximum Gasteiger partial charge on any atom is 0.192 e. The summed E-state index contributed by atoms with van der Waals surface area (Å²) in [5, 5.41) is 8.90. The van der Waals surface area contributed by atoms with Crippen molar-refractivity contribution >= 4 is 5.78 Å². The normalized spacial score (nSPS) is 23.2. The number of hydrogen-bond acceptors (Lipinski definition) is 5. The fourth-order valence-corrected chi connectivity index (χ4v) is 4.53. The molecule has 2 aliphatic rings. The summed E-state index contributed by atoms with van der Waals surface area (Å²) in [7, 11) is 0. The summed E-state index contributed by atoms with van der Waals surface area (Å²) in [4.78, 5) is 12.3. The molecule has 1 saturated heterocycles. The summed E-state index contributed by atoms with van der Waals surface area (Å²) in [6, 6.07) is 9.41. The number of benzene rings is 1. The van der Waals surface area contributed by atoms with Gasteiger partial charge >= 0.3 is 0 Å². The molecule has 0 unspecified atom stereocenters. The lowest BCUT2D eigenvalue weighted by Crippen LogP contribution is -2.36. The molecule has 0 bridgehead atoms. The number of hydrogen-bond donors (Lipinski definition) is 1. The topological polar surface area (TPSA) is 65.0 Å². The van der Waals surface area contributed by atoms with Crippen LogP contribution < -0.4 is 4.74 Å². The first-order valence-electron chi connectivity index (χ1n) is 11.0. The van der Waals surface area contributed by atoms with Crippen molar-refractivity contribution in [3.63, 3.8) is 0 Å². The average Bonchev–Trinajstić information content (AvgIpc) is 3.36. The summed E-state index contributed by atoms with van der Waals surface area (Å²) in [5.41, 5.74) is 0. The van der Waals surface area contributed by atoms with Gasteiger partial charge in [-0.3, -0.25) is 4.79 Å². The minimum atomic E-state index is -0.455. The van der Waals surface area contributed by atoms with Gasteiger partial charge in [0.1, 0.15) is 5.75 Å². The Hall–Kier alpha value is -1.69. The summed E-state index contributed by atoms with van der Waals surface area (Å²) in [6.07, 6.45) is 12.1. The lowest BCUT2D eigenvalue weighted by Gasteiger charge is -2.31. The Kier molecular flexibility index (Phi) is 8.71. The van der Waals surface area contributed by atoms with Gasteiger partial charge in [-0.05, 0) is 43.4 Å². The quantitative estimate of drug-likeness (QED) is 0.417. The van der Waals surface area contributed by atoms with Crippen LogP contribution in [0.25, 0.3) is 0 Å². The number of unbranched alkanes of at least 4 members (excludes halogenated alkanes) is 4. The fraction of sp³-hybridized carbons (Fsp3) is 0.625. The van der Waals surface area contributed by atoms with Gasteiger partial charge in [0.2, 0.25) is 0 Å². The molecule has 0 amide bonds. The van der Waals surface area contributed by atoms with Crippen LogP contribution in [0.15, 0.2) is 42.5 Å². The Labute approximate surface area is 174 Å². The number of carbonyl (C=O) groups excluding carboxylic acids is 1. The second-order valence-electron chi connectivity index (χ2n) is 8.02. The second kappa shape index (κ2) is 11.5. The molecule has 1 heterocycles. The summed E-state index contributed by atoms with van der Waals surface area (Å²) in [5.74, 6) is 0.823. The zero-order chi connectivity index (χ0) is 20.4. The first-order valence-corrected chi connectivity index (χ1v) is 11.0. The van der Waals surface area contributed by atoms with Crippen LogP contribution in [0.3, 0.4) is 0 Å². The first-order chi connectivity index (χ1) is 14.2. The Morgan fingerprint density at radius 2 is 1.83 bits per heavy atom. The molecule has 1 spiro atoms. The molecule has 0 radical (unpaired) electrons. The lowest BCUT2D eigenvalue weighted by atomic mass is 9.87. The molecule has 1 N–H and O–H groups in total. The van der Waals surface area contributed by atoms with Crippen molar-refractivity contribution in [3.05, 3.63) is 42.5 Å². The third-order valence-electron chi connectivity index (χ3n) is 6.01. The van der Waals surface area contributed by atoms with Crippen molar-refractivity contribution in [1.82, 2.24) is 0 Å². The van der Waals surface area contributed by atoms with Gasteiger partial charge in [0.25, 0.3) is 0 Å². The van der Waals surface area contributed by atoms with Crippen molar-refractivity contribution in [1.29, 1.82) is 0 Å². The van der Waals surface area contributed by atoms with Gasteiger partial charge in [0.05, 0.1) is 13.2 Å². The van der Waals surface area contributed by atoms with E-state index in [1.165, 1.54) is 0 Å². The van der Waals surface area contributed by atoms with Gasteiger partial charge in [-0.15, -0.1) is 0 Å².